The Labute approximate surface area is 213 Å². The number of halogens is 1. The molecule has 0 spiro atoms. The number of carbonyl (C=O) groups is 2. The first-order valence-electron chi connectivity index (χ1n) is 11.5. The molecule has 6 rings (SSSR count). The Balaban J connectivity index is 0.00000267. The van der Waals surface area contributed by atoms with Crippen LogP contribution < -0.4 is 10.2 Å². The molecule has 1 N–H and O–H groups in total. The van der Waals surface area contributed by atoms with Crippen LogP contribution in [0.2, 0.25) is 0 Å². The number of imidazole rings is 1. The SMILES string of the molecule is Cl.O=C1CC(=O)N(c2ccc(-n3ccnc3CCc3ccco3)cc2)c2ccc3ccccc3c2N1. The van der Waals surface area contributed by atoms with E-state index >= 15 is 0 Å². The molecule has 3 aromatic carbocycles. The van der Waals surface area contributed by atoms with Crippen molar-refractivity contribution in [3.05, 3.63) is 103 Å². The molecule has 0 unspecified atom stereocenters. The first-order chi connectivity index (χ1) is 17.2. The lowest BCUT2D eigenvalue weighted by molar-refractivity contribution is -0.124. The Morgan fingerprint density at radius 2 is 1.69 bits per heavy atom. The fourth-order valence-corrected chi connectivity index (χ4v) is 4.60. The van der Waals surface area contributed by atoms with Gasteiger partial charge in [-0.05, 0) is 47.9 Å². The van der Waals surface area contributed by atoms with Gasteiger partial charge in [0.05, 0.1) is 17.6 Å². The molecule has 0 aliphatic carbocycles. The molecule has 2 amide bonds. The van der Waals surface area contributed by atoms with E-state index in [2.05, 4.69) is 10.3 Å². The molecule has 0 fully saturated rings. The van der Waals surface area contributed by atoms with Gasteiger partial charge in [0, 0.05) is 42.0 Å². The number of nitrogens with one attached hydrogen (secondary N) is 1. The van der Waals surface area contributed by atoms with Gasteiger partial charge >= 0.3 is 0 Å². The van der Waals surface area contributed by atoms with Gasteiger partial charge in [-0.2, -0.15) is 0 Å². The topological polar surface area (TPSA) is 80.4 Å². The normalized spacial score (nSPS) is 13.2. The molecule has 7 nitrogen and oxygen atoms in total. The van der Waals surface area contributed by atoms with E-state index in [9.17, 15) is 9.59 Å². The van der Waals surface area contributed by atoms with Crippen molar-refractivity contribution in [1.82, 2.24) is 9.55 Å². The quantitative estimate of drug-likeness (QED) is 0.309. The molecular weight excluding hydrogens is 476 g/mol. The minimum absolute atomic E-state index is 0. The van der Waals surface area contributed by atoms with E-state index in [-0.39, 0.29) is 30.6 Å². The van der Waals surface area contributed by atoms with Gasteiger partial charge in [-0.3, -0.25) is 14.5 Å². The lowest BCUT2D eigenvalue weighted by Gasteiger charge is -2.23. The molecule has 36 heavy (non-hydrogen) atoms. The van der Waals surface area contributed by atoms with Gasteiger partial charge < -0.3 is 14.3 Å². The molecule has 8 heteroatoms. The Hall–Kier alpha value is -4.36. The summed E-state index contributed by atoms with van der Waals surface area (Å²) < 4.78 is 7.47. The smallest absolute Gasteiger partial charge is 0.241 e. The second-order valence-corrected chi connectivity index (χ2v) is 8.44. The maximum Gasteiger partial charge on any atom is 0.241 e. The number of aromatic nitrogens is 2. The van der Waals surface area contributed by atoms with E-state index in [1.807, 2.05) is 83.6 Å². The van der Waals surface area contributed by atoms with Crippen LogP contribution in [0.25, 0.3) is 16.5 Å². The predicted molar refractivity (Wildman–Crippen MR) is 141 cm³/mol. The fourth-order valence-electron chi connectivity index (χ4n) is 4.60. The van der Waals surface area contributed by atoms with Gasteiger partial charge in [-0.25, -0.2) is 4.98 Å². The van der Waals surface area contributed by atoms with Crippen LogP contribution in [0.15, 0.2) is 95.9 Å². The first-order valence-corrected chi connectivity index (χ1v) is 11.5. The van der Waals surface area contributed by atoms with Gasteiger partial charge in [0.1, 0.15) is 18.0 Å². The molecule has 0 saturated heterocycles. The Morgan fingerprint density at radius 3 is 2.50 bits per heavy atom. The molecule has 5 aromatic rings. The van der Waals surface area contributed by atoms with Crippen molar-refractivity contribution < 1.29 is 14.0 Å². The van der Waals surface area contributed by atoms with E-state index < -0.39 is 0 Å². The van der Waals surface area contributed by atoms with Crippen molar-refractivity contribution in [2.75, 3.05) is 10.2 Å². The van der Waals surface area contributed by atoms with Crippen molar-refractivity contribution in [2.24, 2.45) is 0 Å². The first kappa shape index (κ1) is 23.4. The fraction of sp³-hybridized carbons (Fsp3) is 0.107. The third-order valence-corrected chi connectivity index (χ3v) is 6.25. The zero-order valence-electron chi connectivity index (χ0n) is 19.3. The van der Waals surface area contributed by atoms with Crippen LogP contribution in [0.1, 0.15) is 18.0 Å². The van der Waals surface area contributed by atoms with Crippen molar-refractivity contribution in [3.8, 4) is 5.69 Å². The number of amides is 2. The molecule has 0 bridgehead atoms. The van der Waals surface area contributed by atoms with Crippen LogP contribution in [0.3, 0.4) is 0 Å². The van der Waals surface area contributed by atoms with Gasteiger partial charge in [-0.15, -0.1) is 12.4 Å². The Bertz CT molecular complexity index is 1540. The molecule has 2 aromatic heterocycles. The summed E-state index contributed by atoms with van der Waals surface area (Å²) in [6, 6.07) is 23.2. The Kier molecular flexibility index (Phi) is 6.31. The number of hydrogen-bond acceptors (Lipinski definition) is 4. The summed E-state index contributed by atoms with van der Waals surface area (Å²) in [6.07, 6.45) is 6.66. The largest absolute Gasteiger partial charge is 0.469 e. The van der Waals surface area contributed by atoms with E-state index in [4.69, 9.17) is 4.42 Å². The summed E-state index contributed by atoms with van der Waals surface area (Å²) in [4.78, 5) is 31.8. The molecule has 3 heterocycles. The predicted octanol–water partition coefficient (Wildman–Crippen LogP) is 5.83. The number of furan rings is 1. The summed E-state index contributed by atoms with van der Waals surface area (Å²) in [5.41, 5.74) is 2.95. The highest BCUT2D eigenvalue weighted by Crippen LogP contribution is 2.40. The summed E-state index contributed by atoms with van der Waals surface area (Å²) >= 11 is 0. The number of rotatable bonds is 5. The minimum atomic E-state index is -0.314. The van der Waals surface area contributed by atoms with Gasteiger partial charge in [0.25, 0.3) is 0 Å². The highest BCUT2D eigenvalue weighted by Gasteiger charge is 2.28. The van der Waals surface area contributed by atoms with Crippen LogP contribution >= 0.6 is 12.4 Å². The number of carbonyl (C=O) groups excluding carboxylic acids is 2. The van der Waals surface area contributed by atoms with Crippen LogP contribution in [0.5, 0.6) is 0 Å². The third kappa shape index (κ3) is 4.25. The van der Waals surface area contributed by atoms with Gasteiger partial charge in [-0.1, -0.05) is 30.3 Å². The number of anilines is 3. The van der Waals surface area contributed by atoms with Crippen molar-refractivity contribution in [1.29, 1.82) is 0 Å². The zero-order chi connectivity index (χ0) is 23.8. The van der Waals surface area contributed by atoms with Gasteiger partial charge in [0.2, 0.25) is 11.8 Å². The van der Waals surface area contributed by atoms with Gasteiger partial charge in [0.15, 0.2) is 0 Å². The van der Waals surface area contributed by atoms with Crippen molar-refractivity contribution >= 4 is 52.1 Å². The number of aryl methyl sites for hydroxylation is 2. The average Bonchev–Trinajstić information content (AvgIpc) is 3.54. The van der Waals surface area contributed by atoms with E-state index in [1.54, 1.807) is 17.4 Å². The number of benzene rings is 3. The van der Waals surface area contributed by atoms with Crippen molar-refractivity contribution in [2.45, 2.75) is 19.3 Å². The number of nitrogens with zero attached hydrogens (tertiary/aromatic N) is 3. The van der Waals surface area contributed by atoms with Crippen LogP contribution in [-0.2, 0) is 22.4 Å². The lowest BCUT2D eigenvalue weighted by Crippen LogP contribution is -2.26. The minimum Gasteiger partial charge on any atom is -0.469 e. The zero-order valence-corrected chi connectivity index (χ0v) is 20.1. The lowest BCUT2D eigenvalue weighted by atomic mass is 10.1. The average molecular weight is 499 g/mol. The highest BCUT2D eigenvalue weighted by atomic mass is 35.5. The Morgan fingerprint density at radius 1 is 0.889 bits per heavy atom. The van der Waals surface area contributed by atoms with Crippen LogP contribution in [-0.4, -0.2) is 21.4 Å². The second kappa shape index (κ2) is 9.71. The van der Waals surface area contributed by atoms with E-state index in [1.165, 1.54) is 0 Å². The molecule has 1 aliphatic heterocycles. The van der Waals surface area contributed by atoms with Crippen LogP contribution in [0, 0.1) is 0 Å². The standard InChI is InChI=1S/C28H22N4O3.ClH/c33-26-18-27(34)32(24-13-7-19-4-1-2-6-23(19)28(24)30-26)21-10-8-20(9-11-21)31-16-15-29-25(31)14-12-22-5-3-17-35-22;/h1-11,13,15-17H,12,14,18H2,(H,30,33);1H. The molecular formula is C28H23ClN4O3. The monoisotopic (exact) mass is 498 g/mol. The molecule has 0 saturated carbocycles. The van der Waals surface area contributed by atoms with Crippen LogP contribution in [0.4, 0.5) is 17.1 Å². The second-order valence-electron chi connectivity index (χ2n) is 8.44. The van der Waals surface area contributed by atoms with Crippen molar-refractivity contribution in [3.63, 3.8) is 0 Å². The van der Waals surface area contributed by atoms with E-state index in [0.717, 1.165) is 40.9 Å². The maximum atomic E-state index is 13.1. The summed E-state index contributed by atoms with van der Waals surface area (Å²) in [5, 5.41) is 4.84. The maximum absolute atomic E-state index is 13.1. The summed E-state index contributed by atoms with van der Waals surface area (Å²) in [6.45, 7) is 0. The number of fused-ring (bicyclic) bond motifs is 3. The third-order valence-electron chi connectivity index (χ3n) is 6.25. The molecule has 1 aliphatic rings. The molecule has 0 radical (unpaired) electrons. The molecule has 0 atom stereocenters. The van der Waals surface area contributed by atoms with E-state index in [0.29, 0.717) is 17.1 Å². The highest BCUT2D eigenvalue weighted by molar-refractivity contribution is 6.21. The molecule has 180 valence electrons. The summed E-state index contributed by atoms with van der Waals surface area (Å²) in [5.74, 6) is 1.26. The summed E-state index contributed by atoms with van der Waals surface area (Å²) in [7, 11) is 0. The number of hydrogen-bond donors (Lipinski definition) is 1.